The lowest BCUT2D eigenvalue weighted by atomic mass is 10.0. The maximum Gasteiger partial charge on any atom is 0.254 e. The van der Waals surface area contributed by atoms with E-state index in [-0.39, 0.29) is 23.9 Å². The molecule has 3 N–H and O–H groups in total. The molecule has 2 fully saturated rings. The van der Waals surface area contributed by atoms with Crippen molar-refractivity contribution >= 4 is 17.8 Å². The molecule has 3 rings (SSSR count). The first-order valence-electron chi connectivity index (χ1n) is 10.8. The fraction of sp³-hybridized carbons (Fsp3) is 0.591. The number of morpholine rings is 1. The van der Waals surface area contributed by atoms with Crippen LogP contribution in [0.3, 0.4) is 0 Å². The zero-order chi connectivity index (χ0) is 22.3. The molecule has 0 aromatic heterocycles. The number of carbonyl (C=O) groups is 2. The van der Waals surface area contributed by atoms with Gasteiger partial charge in [0.2, 0.25) is 5.91 Å². The Morgan fingerprint density at radius 1 is 1.16 bits per heavy atom. The van der Waals surface area contributed by atoms with Crippen LogP contribution in [0.5, 0.6) is 0 Å². The number of nitrogens with one attached hydrogen (secondary N) is 3. The molecular formula is C22H34N6O3. The lowest BCUT2D eigenvalue weighted by Gasteiger charge is -2.41. The zero-order valence-electron chi connectivity index (χ0n) is 18.7. The molecule has 0 saturated carbocycles. The number of carbonyl (C=O) groups excluding carboxylic acids is 2. The minimum Gasteiger partial charge on any atom is -0.379 e. The van der Waals surface area contributed by atoms with Gasteiger partial charge in [-0.15, -0.1) is 0 Å². The molecule has 1 aromatic rings. The van der Waals surface area contributed by atoms with E-state index < -0.39 is 0 Å². The van der Waals surface area contributed by atoms with Crippen molar-refractivity contribution in [2.75, 3.05) is 59.5 Å². The minimum absolute atomic E-state index is 0.00519. The van der Waals surface area contributed by atoms with Gasteiger partial charge in [-0.1, -0.05) is 12.1 Å². The number of hydrogen-bond donors (Lipinski definition) is 3. The second kappa shape index (κ2) is 10.6. The summed E-state index contributed by atoms with van der Waals surface area (Å²) in [4.78, 5) is 32.4. The Hall–Kier alpha value is -2.65. The predicted molar refractivity (Wildman–Crippen MR) is 120 cm³/mol. The fourth-order valence-corrected chi connectivity index (χ4v) is 3.75. The number of guanidine groups is 1. The topological polar surface area (TPSA) is 98.3 Å². The molecule has 2 aliphatic heterocycles. The van der Waals surface area contributed by atoms with Crippen LogP contribution in [-0.2, 0) is 16.1 Å². The fourth-order valence-electron chi connectivity index (χ4n) is 3.75. The maximum atomic E-state index is 12.6. The number of ether oxygens (including phenoxy) is 1. The number of nitrogens with zero attached hydrogens (tertiary/aromatic N) is 3. The first-order chi connectivity index (χ1) is 14.9. The van der Waals surface area contributed by atoms with E-state index in [1.807, 2.05) is 24.3 Å². The van der Waals surface area contributed by atoms with E-state index in [0.717, 1.165) is 44.4 Å². The second-order valence-electron chi connectivity index (χ2n) is 8.46. The van der Waals surface area contributed by atoms with Crippen molar-refractivity contribution in [3.05, 3.63) is 35.4 Å². The molecule has 0 bridgehead atoms. The summed E-state index contributed by atoms with van der Waals surface area (Å²) >= 11 is 0. The summed E-state index contributed by atoms with van der Waals surface area (Å²) in [5.74, 6) is 0.508. The van der Waals surface area contributed by atoms with Gasteiger partial charge in [0.15, 0.2) is 5.96 Å². The van der Waals surface area contributed by atoms with Gasteiger partial charge >= 0.3 is 0 Å². The summed E-state index contributed by atoms with van der Waals surface area (Å²) in [5.41, 5.74) is 1.63. The molecule has 31 heavy (non-hydrogen) atoms. The highest BCUT2D eigenvalue weighted by Crippen LogP contribution is 2.15. The van der Waals surface area contributed by atoms with Crippen LogP contribution in [0.2, 0.25) is 0 Å². The van der Waals surface area contributed by atoms with Crippen molar-refractivity contribution in [1.82, 2.24) is 25.8 Å². The number of hydrogen-bond acceptors (Lipinski definition) is 5. The highest BCUT2D eigenvalue weighted by molar-refractivity contribution is 5.97. The molecule has 0 spiro atoms. The molecule has 2 heterocycles. The summed E-state index contributed by atoms with van der Waals surface area (Å²) in [7, 11) is 1.76. The Kier molecular flexibility index (Phi) is 7.86. The van der Waals surface area contributed by atoms with Crippen LogP contribution in [0.15, 0.2) is 29.3 Å². The van der Waals surface area contributed by atoms with Crippen LogP contribution in [0.4, 0.5) is 0 Å². The molecule has 0 aliphatic carbocycles. The second-order valence-corrected chi connectivity index (χ2v) is 8.46. The largest absolute Gasteiger partial charge is 0.379 e. The van der Waals surface area contributed by atoms with E-state index in [0.29, 0.717) is 25.2 Å². The van der Waals surface area contributed by atoms with E-state index in [1.165, 1.54) is 0 Å². The van der Waals surface area contributed by atoms with Gasteiger partial charge in [-0.2, -0.15) is 0 Å². The van der Waals surface area contributed by atoms with Gasteiger partial charge in [0.1, 0.15) is 0 Å². The Labute approximate surface area is 184 Å². The molecule has 0 unspecified atom stereocenters. The molecule has 2 saturated heterocycles. The van der Waals surface area contributed by atoms with Crippen molar-refractivity contribution < 1.29 is 14.3 Å². The minimum atomic E-state index is -0.115. The van der Waals surface area contributed by atoms with Crippen molar-refractivity contribution in [2.24, 2.45) is 4.99 Å². The molecule has 170 valence electrons. The van der Waals surface area contributed by atoms with E-state index in [2.05, 4.69) is 39.7 Å². The van der Waals surface area contributed by atoms with E-state index in [4.69, 9.17) is 4.74 Å². The molecule has 9 heteroatoms. The van der Waals surface area contributed by atoms with Crippen molar-refractivity contribution in [3.8, 4) is 0 Å². The lowest BCUT2D eigenvalue weighted by Crippen LogP contribution is -2.56. The summed E-state index contributed by atoms with van der Waals surface area (Å²) < 4.78 is 5.45. The van der Waals surface area contributed by atoms with E-state index >= 15 is 0 Å². The Morgan fingerprint density at radius 3 is 2.52 bits per heavy atom. The molecule has 0 atom stereocenters. The third kappa shape index (κ3) is 6.41. The van der Waals surface area contributed by atoms with Gasteiger partial charge in [-0.05, 0) is 31.5 Å². The molecular weight excluding hydrogens is 396 g/mol. The summed E-state index contributed by atoms with van der Waals surface area (Å²) in [6, 6.07) is 7.47. The van der Waals surface area contributed by atoms with E-state index in [9.17, 15) is 9.59 Å². The third-order valence-corrected chi connectivity index (χ3v) is 5.77. The summed E-state index contributed by atoms with van der Waals surface area (Å²) in [6.07, 6.45) is 0. The third-order valence-electron chi connectivity index (χ3n) is 5.77. The van der Waals surface area contributed by atoms with Gasteiger partial charge in [-0.25, -0.2) is 0 Å². The highest BCUT2D eigenvalue weighted by atomic mass is 16.5. The Balaban J connectivity index is 1.48. The number of rotatable bonds is 6. The van der Waals surface area contributed by atoms with E-state index in [1.54, 1.807) is 11.9 Å². The summed E-state index contributed by atoms with van der Waals surface area (Å²) in [5, 5.41) is 9.47. The van der Waals surface area contributed by atoms with Crippen LogP contribution in [0, 0.1) is 0 Å². The normalized spacial score (nSPS) is 18.5. The lowest BCUT2D eigenvalue weighted by molar-refractivity contribution is -0.123. The van der Waals surface area contributed by atoms with Crippen molar-refractivity contribution in [1.29, 1.82) is 0 Å². The zero-order valence-corrected chi connectivity index (χ0v) is 18.7. The first-order valence-corrected chi connectivity index (χ1v) is 10.8. The van der Waals surface area contributed by atoms with Crippen LogP contribution >= 0.6 is 0 Å². The van der Waals surface area contributed by atoms with Crippen molar-refractivity contribution in [3.63, 3.8) is 0 Å². The quantitative estimate of drug-likeness (QED) is 0.435. The monoisotopic (exact) mass is 430 g/mol. The number of piperazine rings is 1. The predicted octanol–water partition coefficient (Wildman–Crippen LogP) is 0.0344. The summed E-state index contributed by atoms with van der Waals surface area (Å²) in [6.45, 7) is 10.4. The van der Waals surface area contributed by atoms with Gasteiger partial charge in [0.25, 0.3) is 5.91 Å². The standard InChI is InChI=1S/C22H34N6O3/c1-22(2,28-10-12-31-13-11-28)16-26-21(23-3)25-14-17-4-6-18(7-5-17)20(30)27-9-8-24-19(29)15-27/h4-7H,8-16H2,1-3H3,(H,24,29)(H2,23,25,26). The van der Waals surface area contributed by atoms with Gasteiger partial charge in [-0.3, -0.25) is 19.5 Å². The van der Waals surface area contributed by atoms with Crippen LogP contribution in [-0.4, -0.2) is 92.6 Å². The van der Waals surface area contributed by atoms with Crippen LogP contribution in [0.1, 0.15) is 29.8 Å². The molecule has 0 radical (unpaired) electrons. The van der Waals surface area contributed by atoms with Crippen LogP contribution in [0.25, 0.3) is 0 Å². The average molecular weight is 431 g/mol. The number of benzene rings is 1. The molecule has 2 amide bonds. The molecule has 2 aliphatic rings. The number of aliphatic imine (C=N–C) groups is 1. The molecule has 9 nitrogen and oxygen atoms in total. The Bertz CT molecular complexity index is 787. The average Bonchev–Trinajstić information content (AvgIpc) is 2.79. The highest BCUT2D eigenvalue weighted by Gasteiger charge is 2.28. The molecule has 1 aromatic carbocycles. The van der Waals surface area contributed by atoms with Gasteiger partial charge < -0.3 is 25.6 Å². The SMILES string of the molecule is CN=C(NCc1ccc(C(=O)N2CCNC(=O)C2)cc1)NCC(C)(C)N1CCOCC1. The van der Waals surface area contributed by atoms with Gasteiger partial charge in [0, 0.05) is 57.4 Å². The van der Waals surface area contributed by atoms with Gasteiger partial charge in [0.05, 0.1) is 19.8 Å². The first kappa shape index (κ1) is 23.0. The Morgan fingerprint density at radius 2 is 1.87 bits per heavy atom. The smallest absolute Gasteiger partial charge is 0.254 e. The van der Waals surface area contributed by atoms with Crippen molar-refractivity contribution in [2.45, 2.75) is 25.9 Å². The van der Waals surface area contributed by atoms with Crippen LogP contribution < -0.4 is 16.0 Å². The number of amides is 2. The maximum absolute atomic E-state index is 12.6.